The molecule has 1 aromatic carbocycles. The van der Waals surface area contributed by atoms with Crippen LogP contribution in [0.2, 0.25) is 0 Å². The van der Waals surface area contributed by atoms with Crippen molar-refractivity contribution >= 4 is 17.7 Å². The fourth-order valence-corrected chi connectivity index (χ4v) is 1.79. The number of nitrogens with one attached hydrogen (secondary N) is 1. The van der Waals surface area contributed by atoms with Crippen LogP contribution in [0.25, 0.3) is 0 Å². The Kier molecular flexibility index (Phi) is 5.67. The van der Waals surface area contributed by atoms with Gasteiger partial charge in [-0.2, -0.15) is 0 Å². The highest BCUT2D eigenvalue weighted by molar-refractivity contribution is 5.82. The molecule has 0 aliphatic carbocycles. The number of nitro benzene ring substituents is 1. The zero-order valence-electron chi connectivity index (χ0n) is 13.5. The average molecular weight is 344 g/mol. The van der Waals surface area contributed by atoms with Crippen molar-refractivity contribution in [3.63, 3.8) is 0 Å². The number of ether oxygens (including phenoxy) is 2. The van der Waals surface area contributed by atoms with Crippen LogP contribution in [0.4, 0.5) is 14.9 Å². The van der Waals surface area contributed by atoms with E-state index >= 15 is 0 Å². The number of hydrogen-bond donors (Lipinski definition) is 2. The maximum absolute atomic E-state index is 14.1. The van der Waals surface area contributed by atoms with Crippen LogP contribution in [0.3, 0.4) is 0 Å². The first-order chi connectivity index (χ1) is 11.0. The van der Waals surface area contributed by atoms with Gasteiger partial charge in [-0.15, -0.1) is 0 Å². The highest BCUT2D eigenvalue weighted by Gasteiger charge is 2.31. The number of alkyl carbamates (subject to hydrolysis) is 1. The molecule has 1 rings (SSSR count). The molecule has 24 heavy (non-hydrogen) atoms. The summed E-state index contributed by atoms with van der Waals surface area (Å²) in [7, 11) is 1.11. The molecular formula is C14H17FN2O7. The van der Waals surface area contributed by atoms with Crippen molar-refractivity contribution in [3.05, 3.63) is 33.6 Å². The third-order valence-electron chi connectivity index (χ3n) is 2.71. The van der Waals surface area contributed by atoms with Crippen molar-refractivity contribution in [2.75, 3.05) is 7.11 Å². The number of benzene rings is 1. The van der Waals surface area contributed by atoms with E-state index in [1.807, 2.05) is 5.32 Å². The third-order valence-corrected chi connectivity index (χ3v) is 2.71. The Morgan fingerprint density at radius 3 is 2.38 bits per heavy atom. The Labute approximate surface area is 136 Å². The summed E-state index contributed by atoms with van der Waals surface area (Å²) in [6.45, 7) is 4.67. The highest BCUT2D eigenvalue weighted by atomic mass is 19.1. The number of carbonyl (C=O) groups is 2. The Morgan fingerprint density at radius 2 is 1.96 bits per heavy atom. The van der Waals surface area contributed by atoms with Crippen molar-refractivity contribution in [2.24, 2.45) is 0 Å². The Hall–Kier alpha value is -2.91. The first kappa shape index (κ1) is 19.1. The number of methoxy groups -OCH3 is 1. The summed E-state index contributed by atoms with van der Waals surface area (Å²) in [6, 6.07) is -0.491. The molecule has 0 aromatic heterocycles. The zero-order chi connectivity index (χ0) is 18.7. The number of nitro groups is 1. The number of amides is 1. The van der Waals surface area contributed by atoms with Crippen molar-refractivity contribution < 1.29 is 33.5 Å². The summed E-state index contributed by atoms with van der Waals surface area (Å²) in [6.07, 6.45) is -1.10. The number of hydrogen-bond acceptors (Lipinski definition) is 6. The van der Waals surface area contributed by atoms with Gasteiger partial charge in [0.05, 0.1) is 12.0 Å². The molecule has 132 valence electrons. The fourth-order valence-electron chi connectivity index (χ4n) is 1.79. The van der Waals surface area contributed by atoms with Crippen molar-refractivity contribution in [1.82, 2.24) is 5.32 Å². The molecule has 1 amide bonds. The topological polar surface area (TPSA) is 128 Å². The van der Waals surface area contributed by atoms with Gasteiger partial charge in [0.25, 0.3) is 0 Å². The first-order valence-corrected chi connectivity index (χ1v) is 6.70. The molecule has 0 spiro atoms. The van der Waals surface area contributed by atoms with Crippen molar-refractivity contribution in [1.29, 1.82) is 0 Å². The van der Waals surface area contributed by atoms with Crippen LogP contribution >= 0.6 is 0 Å². The monoisotopic (exact) mass is 344 g/mol. The Morgan fingerprint density at radius 1 is 1.38 bits per heavy atom. The van der Waals surface area contributed by atoms with Crippen LogP contribution in [0.15, 0.2) is 12.1 Å². The average Bonchev–Trinajstić information content (AvgIpc) is 2.42. The predicted molar refractivity (Wildman–Crippen MR) is 79.4 cm³/mol. The Balaban J connectivity index is 3.26. The van der Waals surface area contributed by atoms with Crippen LogP contribution in [0.1, 0.15) is 32.4 Å². The van der Waals surface area contributed by atoms with E-state index in [1.54, 1.807) is 20.8 Å². The second-order valence-corrected chi connectivity index (χ2v) is 5.72. The molecule has 0 saturated carbocycles. The summed E-state index contributed by atoms with van der Waals surface area (Å²) in [5, 5.41) is 22.2. The molecule has 10 heteroatoms. The van der Waals surface area contributed by atoms with Gasteiger partial charge in [0.15, 0.2) is 11.8 Å². The molecule has 0 fully saturated rings. The van der Waals surface area contributed by atoms with E-state index in [1.165, 1.54) is 0 Å². The van der Waals surface area contributed by atoms with E-state index in [4.69, 9.17) is 4.74 Å². The Bertz CT molecular complexity index is 670. The molecule has 0 bridgehead atoms. The number of carboxylic acids is 1. The summed E-state index contributed by atoms with van der Waals surface area (Å²) in [4.78, 5) is 33.2. The lowest BCUT2D eigenvalue weighted by atomic mass is 10.0. The standard InChI is InChI=1S/C14H17FN2O7/c1-14(2,3)24-13(20)16-11(12(18)19)7-5-9(17(21)22)10(23-4)6-8(7)15/h5-6,11H,1-4H3,(H,16,20)(H,18,19). The van der Waals surface area contributed by atoms with Gasteiger partial charge in [-0.25, -0.2) is 14.0 Å². The SMILES string of the molecule is COc1cc(F)c(C(NC(=O)OC(C)(C)C)C(=O)O)cc1[N+](=O)[O-]. The number of nitrogens with zero attached hydrogens (tertiary/aromatic N) is 1. The molecule has 0 radical (unpaired) electrons. The van der Waals surface area contributed by atoms with Crippen LogP contribution in [0.5, 0.6) is 5.75 Å². The molecule has 0 aliphatic heterocycles. The first-order valence-electron chi connectivity index (χ1n) is 6.70. The molecular weight excluding hydrogens is 327 g/mol. The van der Waals surface area contributed by atoms with Crippen LogP contribution in [-0.2, 0) is 9.53 Å². The van der Waals surface area contributed by atoms with Gasteiger partial charge in [0, 0.05) is 17.7 Å². The summed E-state index contributed by atoms with van der Waals surface area (Å²) in [5.74, 6) is -3.07. The minimum Gasteiger partial charge on any atom is -0.490 e. The number of aliphatic carboxylic acids is 1. The molecule has 9 nitrogen and oxygen atoms in total. The number of carbonyl (C=O) groups excluding carboxylic acids is 1. The van der Waals surface area contributed by atoms with E-state index in [0.717, 1.165) is 7.11 Å². The molecule has 0 saturated heterocycles. The van der Waals surface area contributed by atoms with E-state index in [-0.39, 0.29) is 5.75 Å². The zero-order valence-corrected chi connectivity index (χ0v) is 13.5. The number of rotatable bonds is 5. The van der Waals surface area contributed by atoms with Gasteiger partial charge in [-0.3, -0.25) is 10.1 Å². The predicted octanol–water partition coefficient (Wildman–Crippen LogP) is 2.39. The van der Waals surface area contributed by atoms with Gasteiger partial charge in [-0.1, -0.05) is 0 Å². The molecule has 0 aliphatic rings. The third kappa shape index (κ3) is 4.80. The second kappa shape index (κ2) is 7.11. The van der Waals surface area contributed by atoms with E-state index < -0.39 is 45.7 Å². The smallest absolute Gasteiger partial charge is 0.408 e. The van der Waals surface area contributed by atoms with Gasteiger partial charge >= 0.3 is 17.7 Å². The maximum atomic E-state index is 14.1. The van der Waals surface area contributed by atoms with E-state index in [0.29, 0.717) is 12.1 Å². The van der Waals surface area contributed by atoms with Gasteiger partial charge in [-0.05, 0) is 20.8 Å². The summed E-state index contributed by atoms with van der Waals surface area (Å²) >= 11 is 0. The quantitative estimate of drug-likeness (QED) is 0.620. The highest BCUT2D eigenvalue weighted by Crippen LogP contribution is 2.32. The van der Waals surface area contributed by atoms with Gasteiger partial charge in [0.2, 0.25) is 0 Å². The molecule has 0 heterocycles. The lowest BCUT2D eigenvalue weighted by molar-refractivity contribution is -0.385. The van der Waals surface area contributed by atoms with E-state index in [2.05, 4.69) is 4.74 Å². The largest absolute Gasteiger partial charge is 0.490 e. The van der Waals surface area contributed by atoms with Crippen molar-refractivity contribution in [3.8, 4) is 5.75 Å². The molecule has 1 unspecified atom stereocenters. The minimum absolute atomic E-state index is 0.373. The van der Waals surface area contributed by atoms with Crippen molar-refractivity contribution in [2.45, 2.75) is 32.4 Å². The van der Waals surface area contributed by atoms with Crippen LogP contribution < -0.4 is 10.1 Å². The van der Waals surface area contributed by atoms with Crippen LogP contribution in [0, 0.1) is 15.9 Å². The van der Waals surface area contributed by atoms with Crippen LogP contribution in [-0.4, -0.2) is 34.8 Å². The lowest BCUT2D eigenvalue weighted by Gasteiger charge is -2.22. The number of carboxylic acid groups (broad SMARTS) is 1. The number of halogens is 1. The lowest BCUT2D eigenvalue weighted by Crippen LogP contribution is -2.38. The van der Waals surface area contributed by atoms with Gasteiger partial charge in [0.1, 0.15) is 11.4 Å². The fraction of sp³-hybridized carbons (Fsp3) is 0.429. The summed E-state index contributed by atoms with van der Waals surface area (Å²) < 4.78 is 23.7. The second-order valence-electron chi connectivity index (χ2n) is 5.72. The maximum Gasteiger partial charge on any atom is 0.408 e. The molecule has 1 aromatic rings. The summed E-state index contributed by atoms with van der Waals surface area (Å²) in [5.41, 5.74) is -2.13. The minimum atomic E-state index is -1.87. The van der Waals surface area contributed by atoms with E-state index in [9.17, 15) is 29.2 Å². The molecule has 2 N–H and O–H groups in total. The van der Waals surface area contributed by atoms with Gasteiger partial charge < -0.3 is 19.9 Å². The molecule has 1 atom stereocenters. The normalized spacial score (nSPS) is 12.2.